The normalized spacial score (nSPS) is 19.0. The van der Waals surface area contributed by atoms with Crippen molar-refractivity contribution in [2.24, 2.45) is 0 Å². The first-order valence-electron chi connectivity index (χ1n) is 5.48. The van der Waals surface area contributed by atoms with Gasteiger partial charge in [-0.3, -0.25) is 9.00 Å². The van der Waals surface area contributed by atoms with Crippen LogP contribution in [0.2, 0.25) is 0 Å². The molecule has 1 rings (SSSR count). The Bertz CT molecular complexity index is 227. The van der Waals surface area contributed by atoms with Crippen molar-refractivity contribution in [3.05, 3.63) is 0 Å². The van der Waals surface area contributed by atoms with Gasteiger partial charge in [-0.15, -0.1) is 0 Å². The lowest BCUT2D eigenvalue weighted by atomic mass is 10.2. The van der Waals surface area contributed by atoms with Gasteiger partial charge in [-0.25, -0.2) is 0 Å². The van der Waals surface area contributed by atoms with E-state index in [2.05, 4.69) is 10.6 Å². The number of rotatable bonds is 6. The van der Waals surface area contributed by atoms with Gasteiger partial charge >= 0.3 is 0 Å². The summed E-state index contributed by atoms with van der Waals surface area (Å²) in [7, 11) is -0.823. The maximum Gasteiger partial charge on any atom is 0.233 e. The zero-order valence-corrected chi connectivity index (χ0v) is 10.1. The molecule has 0 aromatic carbocycles. The molecular formula is C10H20N2O2S. The van der Waals surface area contributed by atoms with Crippen LogP contribution < -0.4 is 10.6 Å². The number of hydrogen-bond acceptors (Lipinski definition) is 3. The molecule has 0 heterocycles. The van der Waals surface area contributed by atoms with Crippen LogP contribution in [-0.2, 0) is 15.6 Å². The van der Waals surface area contributed by atoms with Crippen LogP contribution in [-0.4, -0.2) is 41.3 Å². The number of carbonyl (C=O) groups is 1. The van der Waals surface area contributed by atoms with Gasteiger partial charge in [-0.2, -0.15) is 0 Å². The quantitative estimate of drug-likeness (QED) is 0.678. The molecule has 1 fully saturated rings. The lowest BCUT2D eigenvalue weighted by Crippen LogP contribution is -2.39. The Kier molecular flexibility index (Phi) is 5.86. The van der Waals surface area contributed by atoms with Crippen LogP contribution in [0.5, 0.6) is 0 Å². The van der Waals surface area contributed by atoms with Gasteiger partial charge in [0.25, 0.3) is 0 Å². The second kappa shape index (κ2) is 6.95. The topological polar surface area (TPSA) is 58.2 Å². The molecule has 1 aliphatic carbocycles. The maximum absolute atomic E-state index is 11.3. The van der Waals surface area contributed by atoms with Crippen molar-refractivity contribution in [2.45, 2.75) is 31.7 Å². The smallest absolute Gasteiger partial charge is 0.233 e. The van der Waals surface area contributed by atoms with Crippen molar-refractivity contribution >= 4 is 16.7 Å². The van der Waals surface area contributed by atoms with E-state index in [9.17, 15) is 9.00 Å². The van der Waals surface area contributed by atoms with Gasteiger partial charge in [-0.1, -0.05) is 12.8 Å². The van der Waals surface area contributed by atoms with Crippen molar-refractivity contribution in [2.75, 3.05) is 25.1 Å². The average molecular weight is 232 g/mol. The first-order chi connectivity index (χ1) is 7.18. The number of nitrogens with one attached hydrogen (secondary N) is 2. The van der Waals surface area contributed by atoms with E-state index in [1.807, 2.05) is 0 Å². The van der Waals surface area contributed by atoms with Crippen LogP contribution in [0.4, 0.5) is 0 Å². The summed E-state index contributed by atoms with van der Waals surface area (Å²) in [6.45, 7) is 0.898. The molecule has 1 aliphatic rings. The van der Waals surface area contributed by atoms with Gasteiger partial charge in [0.15, 0.2) is 0 Å². The molecule has 4 nitrogen and oxygen atoms in total. The fourth-order valence-electron chi connectivity index (χ4n) is 1.76. The summed E-state index contributed by atoms with van der Waals surface area (Å²) in [6, 6.07) is 0.524. The highest BCUT2D eigenvalue weighted by atomic mass is 32.2. The van der Waals surface area contributed by atoms with Gasteiger partial charge in [0.1, 0.15) is 0 Å². The highest BCUT2D eigenvalue weighted by molar-refractivity contribution is 7.84. The molecule has 0 aromatic heterocycles. The highest BCUT2D eigenvalue weighted by Crippen LogP contribution is 2.16. The van der Waals surface area contributed by atoms with E-state index in [-0.39, 0.29) is 5.91 Å². The van der Waals surface area contributed by atoms with Crippen LogP contribution in [0.1, 0.15) is 25.7 Å². The summed E-state index contributed by atoms with van der Waals surface area (Å²) in [5.74, 6) is 0.544. The molecule has 1 amide bonds. The van der Waals surface area contributed by atoms with Crippen LogP contribution >= 0.6 is 0 Å². The zero-order chi connectivity index (χ0) is 11.1. The largest absolute Gasteiger partial charge is 0.354 e. The molecular weight excluding hydrogens is 212 g/mol. The minimum Gasteiger partial charge on any atom is -0.354 e. The van der Waals surface area contributed by atoms with E-state index < -0.39 is 10.8 Å². The van der Waals surface area contributed by atoms with Crippen LogP contribution in [0.3, 0.4) is 0 Å². The van der Waals surface area contributed by atoms with Gasteiger partial charge < -0.3 is 10.6 Å². The van der Waals surface area contributed by atoms with Gasteiger partial charge in [-0.05, 0) is 12.8 Å². The zero-order valence-electron chi connectivity index (χ0n) is 9.25. The van der Waals surface area contributed by atoms with Crippen LogP contribution in [0.15, 0.2) is 0 Å². The summed E-state index contributed by atoms with van der Waals surface area (Å²) in [5, 5.41) is 5.98. The van der Waals surface area contributed by atoms with E-state index in [0.29, 0.717) is 24.9 Å². The molecule has 0 aromatic rings. The molecule has 88 valence electrons. The van der Waals surface area contributed by atoms with Gasteiger partial charge in [0, 0.05) is 35.4 Å². The molecule has 0 aliphatic heterocycles. The van der Waals surface area contributed by atoms with E-state index in [0.717, 1.165) is 0 Å². The molecule has 0 saturated heterocycles. The molecule has 0 radical (unpaired) electrons. The minimum atomic E-state index is -0.823. The fourth-order valence-corrected chi connectivity index (χ4v) is 2.15. The highest BCUT2D eigenvalue weighted by Gasteiger charge is 2.14. The van der Waals surface area contributed by atoms with Crippen molar-refractivity contribution in [1.29, 1.82) is 0 Å². The Hall–Kier alpha value is -0.420. The third kappa shape index (κ3) is 5.89. The Morgan fingerprint density at radius 2 is 2.07 bits per heavy atom. The number of hydrogen-bond donors (Lipinski definition) is 2. The second-order valence-corrected chi connectivity index (χ2v) is 5.54. The maximum atomic E-state index is 11.3. The molecule has 1 unspecified atom stereocenters. The monoisotopic (exact) mass is 232 g/mol. The third-order valence-corrected chi connectivity index (χ3v) is 3.40. The summed E-state index contributed by atoms with van der Waals surface area (Å²) in [6.07, 6.45) is 6.56. The van der Waals surface area contributed by atoms with Gasteiger partial charge in [0.2, 0.25) is 5.91 Å². The predicted octanol–water partition coefficient (Wildman–Crippen LogP) is 0.0133. The molecule has 0 spiro atoms. The first kappa shape index (κ1) is 12.6. The van der Waals surface area contributed by atoms with E-state index in [1.165, 1.54) is 25.7 Å². The van der Waals surface area contributed by atoms with Crippen molar-refractivity contribution in [3.63, 3.8) is 0 Å². The summed E-state index contributed by atoms with van der Waals surface area (Å²) in [5.41, 5.74) is 0. The Morgan fingerprint density at radius 1 is 1.40 bits per heavy atom. The first-order valence-corrected chi connectivity index (χ1v) is 7.21. The summed E-state index contributed by atoms with van der Waals surface area (Å²) >= 11 is 0. The van der Waals surface area contributed by atoms with E-state index in [1.54, 1.807) is 6.26 Å². The molecule has 15 heavy (non-hydrogen) atoms. The SMILES string of the molecule is CS(=O)CCNC(=O)CNC1CCCC1. The number of amides is 1. The van der Waals surface area contributed by atoms with Crippen LogP contribution in [0.25, 0.3) is 0 Å². The minimum absolute atomic E-state index is 0.00681. The number of carbonyl (C=O) groups excluding carboxylic acids is 1. The van der Waals surface area contributed by atoms with Crippen molar-refractivity contribution in [3.8, 4) is 0 Å². The predicted molar refractivity (Wildman–Crippen MR) is 62.2 cm³/mol. The third-order valence-electron chi connectivity index (χ3n) is 2.62. The Morgan fingerprint density at radius 3 is 2.67 bits per heavy atom. The molecule has 0 bridgehead atoms. The van der Waals surface area contributed by atoms with Crippen molar-refractivity contribution < 1.29 is 9.00 Å². The van der Waals surface area contributed by atoms with E-state index >= 15 is 0 Å². The lowest BCUT2D eigenvalue weighted by molar-refractivity contribution is -0.120. The fraction of sp³-hybridized carbons (Fsp3) is 0.900. The average Bonchev–Trinajstić information content (AvgIpc) is 2.66. The molecule has 2 N–H and O–H groups in total. The van der Waals surface area contributed by atoms with E-state index in [4.69, 9.17) is 0 Å². The summed E-state index contributed by atoms with van der Waals surface area (Å²) in [4.78, 5) is 11.3. The molecule has 1 saturated carbocycles. The molecule has 5 heteroatoms. The van der Waals surface area contributed by atoms with Gasteiger partial charge in [0.05, 0.1) is 6.54 Å². The second-order valence-electron chi connectivity index (χ2n) is 3.99. The standard InChI is InChI=1S/C10H20N2O2S/c1-15(14)7-6-11-10(13)8-12-9-4-2-3-5-9/h9,12H,2-8H2,1H3,(H,11,13). The summed E-state index contributed by atoms with van der Waals surface area (Å²) < 4.78 is 10.7. The lowest BCUT2D eigenvalue weighted by Gasteiger charge is -2.11. The van der Waals surface area contributed by atoms with Crippen LogP contribution in [0, 0.1) is 0 Å². The molecule has 1 atom stereocenters. The Balaban J connectivity index is 2.00. The Labute approximate surface area is 93.7 Å². The van der Waals surface area contributed by atoms with Crippen molar-refractivity contribution in [1.82, 2.24) is 10.6 Å².